The van der Waals surface area contributed by atoms with E-state index in [4.69, 9.17) is 0 Å². The fourth-order valence-corrected chi connectivity index (χ4v) is 4.17. The molecular weight excluding hydrogens is 503 g/mol. The highest BCUT2D eigenvalue weighted by molar-refractivity contribution is 5.92. The minimum atomic E-state index is -4.53. The van der Waals surface area contributed by atoms with Crippen molar-refractivity contribution in [1.82, 2.24) is 24.1 Å². The van der Waals surface area contributed by atoms with Crippen LogP contribution in [0.2, 0.25) is 0 Å². The first-order valence-electron chi connectivity index (χ1n) is 11.9. The van der Waals surface area contributed by atoms with Crippen LogP contribution in [-0.4, -0.2) is 62.1 Å². The first kappa shape index (κ1) is 26.8. The Morgan fingerprint density at radius 1 is 0.895 bits per heavy atom. The maximum Gasteiger partial charge on any atom is 0.416 e. The molecule has 9 nitrogen and oxygen atoms in total. The van der Waals surface area contributed by atoms with Gasteiger partial charge in [-0.25, -0.2) is 4.79 Å². The molecular formula is C26H26F3N5O4. The van der Waals surface area contributed by atoms with Gasteiger partial charge < -0.3 is 9.80 Å². The predicted octanol–water partition coefficient (Wildman–Crippen LogP) is 2.38. The summed E-state index contributed by atoms with van der Waals surface area (Å²) in [5, 5.41) is 4.14. The molecule has 1 aliphatic heterocycles. The van der Waals surface area contributed by atoms with Crippen molar-refractivity contribution in [2.45, 2.75) is 33.5 Å². The molecule has 0 bridgehead atoms. The molecule has 2 aromatic carbocycles. The quantitative estimate of drug-likeness (QED) is 0.517. The molecule has 0 radical (unpaired) electrons. The Kier molecular flexibility index (Phi) is 7.25. The average molecular weight is 530 g/mol. The van der Waals surface area contributed by atoms with E-state index in [9.17, 15) is 32.3 Å². The van der Waals surface area contributed by atoms with Crippen molar-refractivity contribution in [1.29, 1.82) is 0 Å². The number of aryl methyl sites for hydroxylation is 2. The third-order valence-electron chi connectivity index (χ3n) is 6.63. The number of benzene rings is 2. The summed E-state index contributed by atoms with van der Waals surface area (Å²) in [6.45, 7) is 5.73. The molecule has 2 heterocycles. The molecule has 0 saturated carbocycles. The molecule has 0 spiro atoms. The average Bonchev–Trinajstić information content (AvgIpc) is 2.88. The van der Waals surface area contributed by atoms with Crippen molar-refractivity contribution in [3.05, 3.63) is 91.3 Å². The summed E-state index contributed by atoms with van der Waals surface area (Å²) in [6, 6.07) is 9.18. The maximum absolute atomic E-state index is 13.4. The lowest BCUT2D eigenvalue weighted by Crippen LogP contribution is -2.52. The molecule has 0 aliphatic carbocycles. The number of rotatable bonds is 4. The fourth-order valence-electron chi connectivity index (χ4n) is 4.17. The molecule has 1 fully saturated rings. The first-order chi connectivity index (χ1) is 17.9. The Morgan fingerprint density at radius 3 is 2.05 bits per heavy atom. The molecule has 3 aromatic rings. The number of amides is 2. The van der Waals surface area contributed by atoms with Crippen molar-refractivity contribution in [2.75, 3.05) is 26.2 Å². The number of piperazine rings is 1. The van der Waals surface area contributed by atoms with E-state index in [1.165, 1.54) is 24.0 Å². The summed E-state index contributed by atoms with van der Waals surface area (Å²) in [6.07, 6.45) is -4.53. The molecule has 2 amide bonds. The van der Waals surface area contributed by atoms with Gasteiger partial charge in [0.2, 0.25) is 11.6 Å². The van der Waals surface area contributed by atoms with Gasteiger partial charge in [-0.2, -0.15) is 23.0 Å². The number of nitrogens with zero attached hydrogens (tertiary/aromatic N) is 5. The number of alkyl halides is 3. The molecule has 1 aromatic heterocycles. The van der Waals surface area contributed by atoms with E-state index in [0.29, 0.717) is 5.69 Å². The Balaban J connectivity index is 1.79. The van der Waals surface area contributed by atoms with Crippen LogP contribution in [0.5, 0.6) is 0 Å². The third-order valence-corrected chi connectivity index (χ3v) is 6.63. The second-order valence-corrected chi connectivity index (χ2v) is 9.20. The summed E-state index contributed by atoms with van der Waals surface area (Å²) in [7, 11) is 0. The van der Waals surface area contributed by atoms with Gasteiger partial charge in [0, 0.05) is 33.1 Å². The summed E-state index contributed by atoms with van der Waals surface area (Å²) < 4.78 is 40.7. The molecule has 38 heavy (non-hydrogen) atoms. The monoisotopic (exact) mass is 529 g/mol. The summed E-state index contributed by atoms with van der Waals surface area (Å²) in [5.41, 5.74) is -0.741. The lowest BCUT2D eigenvalue weighted by Gasteiger charge is -2.33. The molecule has 0 unspecified atom stereocenters. The Bertz CT molecular complexity index is 1500. The standard InChI is InChI=1S/C26H26F3N5O4/c1-16-4-9-21(14-17(16)2)34-25(38)33(15-19-5-7-20(8-6-19)26(27,28)29)24(37)22(30-34)23(36)32-12-10-31(11-13-32)18(3)35/h4-9,14H,10-13,15H2,1-3H3. The zero-order valence-corrected chi connectivity index (χ0v) is 21.1. The fraction of sp³-hybridized carbons (Fsp3) is 0.346. The molecule has 0 atom stereocenters. The molecule has 200 valence electrons. The molecule has 0 N–H and O–H groups in total. The van der Waals surface area contributed by atoms with Crippen molar-refractivity contribution in [3.63, 3.8) is 0 Å². The Morgan fingerprint density at radius 2 is 1.50 bits per heavy atom. The van der Waals surface area contributed by atoms with Gasteiger partial charge >= 0.3 is 11.9 Å². The van der Waals surface area contributed by atoms with Gasteiger partial charge in [-0.1, -0.05) is 18.2 Å². The summed E-state index contributed by atoms with van der Waals surface area (Å²) >= 11 is 0. The van der Waals surface area contributed by atoms with Crippen LogP contribution in [0, 0.1) is 13.8 Å². The Labute approximate surface area is 215 Å². The van der Waals surface area contributed by atoms with Crippen LogP contribution in [0.4, 0.5) is 13.2 Å². The number of carbonyl (C=O) groups excluding carboxylic acids is 2. The van der Waals surface area contributed by atoms with Gasteiger partial charge in [-0.15, -0.1) is 0 Å². The van der Waals surface area contributed by atoms with E-state index in [1.807, 2.05) is 13.8 Å². The van der Waals surface area contributed by atoms with E-state index in [0.717, 1.165) is 32.5 Å². The van der Waals surface area contributed by atoms with E-state index >= 15 is 0 Å². The largest absolute Gasteiger partial charge is 0.416 e. The number of hydrogen-bond acceptors (Lipinski definition) is 5. The predicted molar refractivity (Wildman–Crippen MR) is 132 cm³/mol. The SMILES string of the molecule is CC(=O)N1CCN(C(=O)c2nn(-c3ccc(C)c(C)c3)c(=O)n(Cc3ccc(C(F)(F)F)cc3)c2=O)CC1. The second-order valence-electron chi connectivity index (χ2n) is 9.20. The van der Waals surface area contributed by atoms with Crippen molar-refractivity contribution >= 4 is 11.8 Å². The summed E-state index contributed by atoms with van der Waals surface area (Å²) in [4.78, 5) is 54.8. The van der Waals surface area contributed by atoms with E-state index in [-0.39, 0.29) is 44.2 Å². The lowest BCUT2D eigenvalue weighted by molar-refractivity contribution is -0.137. The van der Waals surface area contributed by atoms with E-state index in [1.54, 1.807) is 23.1 Å². The molecule has 1 saturated heterocycles. The highest BCUT2D eigenvalue weighted by Gasteiger charge is 2.31. The van der Waals surface area contributed by atoms with Gasteiger partial charge in [-0.3, -0.25) is 19.0 Å². The van der Waals surface area contributed by atoms with E-state index in [2.05, 4.69) is 5.10 Å². The number of carbonyl (C=O) groups is 2. The molecule has 4 rings (SSSR count). The zero-order valence-electron chi connectivity index (χ0n) is 21.1. The van der Waals surface area contributed by atoms with Crippen LogP contribution in [0.1, 0.15) is 39.7 Å². The van der Waals surface area contributed by atoms with Crippen molar-refractivity contribution in [3.8, 4) is 5.69 Å². The molecule has 1 aliphatic rings. The minimum Gasteiger partial charge on any atom is -0.339 e. The van der Waals surface area contributed by atoms with Crippen LogP contribution < -0.4 is 11.2 Å². The third kappa shape index (κ3) is 5.38. The van der Waals surface area contributed by atoms with Gasteiger partial charge in [0.15, 0.2) is 0 Å². The molecule has 12 heteroatoms. The van der Waals surface area contributed by atoms with Gasteiger partial charge in [-0.05, 0) is 54.8 Å². The topological polar surface area (TPSA) is 97.5 Å². The normalized spacial score (nSPS) is 14.1. The van der Waals surface area contributed by atoms with Crippen LogP contribution in [0.3, 0.4) is 0 Å². The van der Waals surface area contributed by atoms with Crippen LogP contribution in [-0.2, 0) is 17.5 Å². The van der Waals surface area contributed by atoms with Crippen LogP contribution in [0.15, 0.2) is 52.1 Å². The van der Waals surface area contributed by atoms with Gasteiger partial charge in [0.05, 0.1) is 17.8 Å². The summed E-state index contributed by atoms with van der Waals surface area (Å²) in [5.74, 6) is -0.825. The smallest absolute Gasteiger partial charge is 0.339 e. The highest BCUT2D eigenvalue weighted by atomic mass is 19.4. The van der Waals surface area contributed by atoms with Crippen molar-refractivity contribution < 1.29 is 22.8 Å². The highest BCUT2D eigenvalue weighted by Crippen LogP contribution is 2.29. The van der Waals surface area contributed by atoms with Crippen LogP contribution >= 0.6 is 0 Å². The van der Waals surface area contributed by atoms with Gasteiger partial charge in [0.1, 0.15) is 0 Å². The first-order valence-corrected chi connectivity index (χ1v) is 11.9. The zero-order chi connectivity index (χ0) is 27.8. The number of halogens is 3. The van der Waals surface area contributed by atoms with Gasteiger partial charge in [0.25, 0.3) is 11.5 Å². The second kappa shape index (κ2) is 10.3. The lowest BCUT2D eigenvalue weighted by atomic mass is 10.1. The van der Waals surface area contributed by atoms with Crippen molar-refractivity contribution in [2.24, 2.45) is 0 Å². The number of hydrogen-bond donors (Lipinski definition) is 0. The maximum atomic E-state index is 13.4. The number of aromatic nitrogens is 3. The van der Waals surface area contributed by atoms with E-state index < -0.39 is 34.6 Å². The van der Waals surface area contributed by atoms with Crippen LogP contribution in [0.25, 0.3) is 5.69 Å². The minimum absolute atomic E-state index is 0.127. The Hall–Kier alpha value is -4.22.